The Hall–Kier alpha value is -3.28. The Kier molecular flexibility index (Phi) is 6.32. The van der Waals surface area contributed by atoms with Gasteiger partial charge in [0.2, 0.25) is 5.75 Å². The molecular formula is C22H23NO5. The molecule has 0 fully saturated rings. The van der Waals surface area contributed by atoms with Crippen LogP contribution < -0.4 is 18.9 Å². The molecule has 0 spiro atoms. The number of ether oxygens (including phenoxy) is 4. The quantitative estimate of drug-likeness (QED) is 0.418. The van der Waals surface area contributed by atoms with Crippen LogP contribution in [-0.2, 0) is 0 Å². The van der Waals surface area contributed by atoms with Crippen molar-refractivity contribution in [2.75, 3.05) is 19.8 Å². The van der Waals surface area contributed by atoms with Crippen LogP contribution in [0.5, 0.6) is 23.0 Å². The van der Waals surface area contributed by atoms with E-state index in [2.05, 4.69) is 4.98 Å². The van der Waals surface area contributed by atoms with Gasteiger partial charge in [0.1, 0.15) is 5.52 Å². The maximum atomic E-state index is 12.8. The standard InChI is InChI=1S/C22H23NO5/c1-4-25-18-13-16(14-19(26-5-2)21(18)27-6-3)22(24)28-17-11-7-9-15-10-8-12-23-20(15)17/h7-14H,4-6H2,1-3H3. The average molecular weight is 381 g/mol. The summed E-state index contributed by atoms with van der Waals surface area (Å²) >= 11 is 0. The molecule has 0 saturated carbocycles. The van der Waals surface area contributed by atoms with Crippen molar-refractivity contribution in [2.24, 2.45) is 0 Å². The lowest BCUT2D eigenvalue weighted by Crippen LogP contribution is -2.11. The summed E-state index contributed by atoms with van der Waals surface area (Å²) in [5, 5.41) is 0.893. The van der Waals surface area contributed by atoms with Gasteiger partial charge < -0.3 is 18.9 Å². The largest absolute Gasteiger partial charge is 0.490 e. The van der Waals surface area contributed by atoms with Gasteiger partial charge in [0.05, 0.1) is 25.4 Å². The Morgan fingerprint density at radius 3 is 2.14 bits per heavy atom. The molecular weight excluding hydrogens is 358 g/mol. The highest BCUT2D eigenvalue weighted by Crippen LogP contribution is 2.39. The maximum Gasteiger partial charge on any atom is 0.343 e. The molecule has 3 aromatic rings. The van der Waals surface area contributed by atoms with Crippen LogP contribution >= 0.6 is 0 Å². The molecule has 2 aromatic carbocycles. The fraction of sp³-hybridized carbons (Fsp3) is 0.273. The molecule has 0 aliphatic carbocycles. The van der Waals surface area contributed by atoms with E-state index in [0.29, 0.717) is 53.9 Å². The van der Waals surface area contributed by atoms with Crippen molar-refractivity contribution < 1.29 is 23.7 Å². The van der Waals surface area contributed by atoms with E-state index in [4.69, 9.17) is 18.9 Å². The van der Waals surface area contributed by atoms with Gasteiger partial charge in [0, 0.05) is 11.6 Å². The lowest BCUT2D eigenvalue weighted by molar-refractivity contribution is 0.0735. The van der Waals surface area contributed by atoms with Crippen LogP contribution in [0.3, 0.4) is 0 Å². The second-order valence-corrected chi connectivity index (χ2v) is 5.82. The molecule has 0 aliphatic heterocycles. The van der Waals surface area contributed by atoms with E-state index >= 15 is 0 Å². The van der Waals surface area contributed by atoms with Gasteiger partial charge in [-0.3, -0.25) is 4.98 Å². The zero-order chi connectivity index (χ0) is 19.9. The smallest absolute Gasteiger partial charge is 0.343 e. The van der Waals surface area contributed by atoms with Gasteiger partial charge in [0.25, 0.3) is 0 Å². The number of pyridine rings is 1. The molecule has 28 heavy (non-hydrogen) atoms. The number of carbonyl (C=O) groups is 1. The van der Waals surface area contributed by atoms with E-state index in [9.17, 15) is 4.79 Å². The van der Waals surface area contributed by atoms with Crippen LogP contribution in [-0.4, -0.2) is 30.8 Å². The zero-order valence-electron chi connectivity index (χ0n) is 16.2. The number of carbonyl (C=O) groups excluding carboxylic acids is 1. The number of hydrogen-bond donors (Lipinski definition) is 0. The lowest BCUT2D eigenvalue weighted by Gasteiger charge is -2.17. The highest BCUT2D eigenvalue weighted by Gasteiger charge is 2.20. The summed E-state index contributed by atoms with van der Waals surface area (Å²) in [4.78, 5) is 17.2. The third-order valence-electron chi connectivity index (χ3n) is 3.94. The summed E-state index contributed by atoms with van der Waals surface area (Å²) in [6, 6.07) is 12.4. The van der Waals surface area contributed by atoms with Crippen molar-refractivity contribution in [1.82, 2.24) is 4.98 Å². The first-order valence-corrected chi connectivity index (χ1v) is 9.30. The monoisotopic (exact) mass is 381 g/mol. The van der Waals surface area contributed by atoms with E-state index in [1.54, 1.807) is 24.4 Å². The molecule has 0 radical (unpaired) electrons. The van der Waals surface area contributed by atoms with E-state index in [-0.39, 0.29) is 0 Å². The zero-order valence-corrected chi connectivity index (χ0v) is 16.2. The summed E-state index contributed by atoms with van der Waals surface area (Å²) in [6.07, 6.45) is 1.66. The molecule has 0 bridgehead atoms. The van der Waals surface area contributed by atoms with Crippen molar-refractivity contribution in [3.63, 3.8) is 0 Å². The number of aromatic nitrogens is 1. The van der Waals surface area contributed by atoms with Gasteiger partial charge in [-0.1, -0.05) is 18.2 Å². The van der Waals surface area contributed by atoms with Gasteiger partial charge in [-0.2, -0.15) is 0 Å². The molecule has 0 amide bonds. The molecule has 3 rings (SSSR count). The number of nitrogens with zero attached hydrogens (tertiary/aromatic N) is 1. The van der Waals surface area contributed by atoms with Gasteiger partial charge in [-0.15, -0.1) is 0 Å². The summed E-state index contributed by atoms with van der Waals surface area (Å²) in [6.45, 7) is 6.91. The molecule has 0 aliphatic rings. The Balaban J connectivity index is 1.98. The van der Waals surface area contributed by atoms with E-state index in [0.717, 1.165) is 5.39 Å². The van der Waals surface area contributed by atoms with Gasteiger partial charge in [-0.25, -0.2) is 4.79 Å². The SMILES string of the molecule is CCOc1cc(C(=O)Oc2cccc3cccnc23)cc(OCC)c1OCC. The van der Waals surface area contributed by atoms with Crippen molar-refractivity contribution in [2.45, 2.75) is 20.8 Å². The third-order valence-corrected chi connectivity index (χ3v) is 3.94. The molecule has 6 nitrogen and oxygen atoms in total. The molecule has 1 heterocycles. The van der Waals surface area contributed by atoms with Crippen LogP contribution in [0.1, 0.15) is 31.1 Å². The highest BCUT2D eigenvalue weighted by molar-refractivity contribution is 5.95. The number of para-hydroxylation sites is 1. The summed E-state index contributed by atoms with van der Waals surface area (Å²) in [7, 11) is 0. The lowest BCUT2D eigenvalue weighted by atomic mass is 10.1. The highest BCUT2D eigenvalue weighted by atomic mass is 16.5. The second-order valence-electron chi connectivity index (χ2n) is 5.82. The summed E-state index contributed by atoms with van der Waals surface area (Å²) < 4.78 is 22.6. The van der Waals surface area contributed by atoms with Gasteiger partial charge >= 0.3 is 5.97 Å². The Morgan fingerprint density at radius 1 is 0.857 bits per heavy atom. The van der Waals surface area contributed by atoms with Crippen molar-refractivity contribution in [3.8, 4) is 23.0 Å². The number of fused-ring (bicyclic) bond motifs is 1. The average Bonchev–Trinajstić information content (AvgIpc) is 2.71. The molecule has 6 heteroatoms. The molecule has 0 unspecified atom stereocenters. The first-order valence-electron chi connectivity index (χ1n) is 9.30. The van der Waals surface area contributed by atoms with Crippen LogP contribution in [0.4, 0.5) is 0 Å². The maximum absolute atomic E-state index is 12.8. The van der Waals surface area contributed by atoms with Crippen LogP contribution in [0, 0.1) is 0 Å². The minimum Gasteiger partial charge on any atom is -0.490 e. The van der Waals surface area contributed by atoms with E-state index in [1.165, 1.54) is 0 Å². The van der Waals surface area contributed by atoms with Crippen molar-refractivity contribution in [3.05, 3.63) is 54.2 Å². The Bertz CT molecular complexity index is 938. The fourth-order valence-electron chi connectivity index (χ4n) is 2.82. The van der Waals surface area contributed by atoms with E-state index in [1.807, 2.05) is 45.0 Å². The molecule has 0 N–H and O–H groups in total. The van der Waals surface area contributed by atoms with E-state index < -0.39 is 5.97 Å². The fourth-order valence-corrected chi connectivity index (χ4v) is 2.82. The molecule has 0 atom stereocenters. The number of benzene rings is 2. The third kappa shape index (κ3) is 4.17. The molecule has 146 valence electrons. The Labute approximate surface area is 164 Å². The number of hydrogen-bond acceptors (Lipinski definition) is 6. The predicted molar refractivity (Wildman–Crippen MR) is 107 cm³/mol. The van der Waals surface area contributed by atoms with Gasteiger partial charge in [0.15, 0.2) is 17.2 Å². The minimum atomic E-state index is -0.525. The normalized spacial score (nSPS) is 10.5. The first kappa shape index (κ1) is 19.5. The first-order chi connectivity index (χ1) is 13.7. The van der Waals surface area contributed by atoms with Gasteiger partial charge in [-0.05, 0) is 45.0 Å². The van der Waals surface area contributed by atoms with Crippen molar-refractivity contribution in [1.29, 1.82) is 0 Å². The topological polar surface area (TPSA) is 66.9 Å². The number of rotatable bonds is 8. The second kappa shape index (κ2) is 9.08. The van der Waals surface area contributed by atoms with Crippen LogP contribution in [0.15, 0.2) is 48.7 Å². The Morgan fingerprint density at radius 2 is 1.50 bits per heavy atom. The molecule has 1 aromatic heterocycles. The predicted octanol–water partition coefficient (Wildman–Crippen LogP) is 4.65. The summed E-state index contributed by atoms with van der Waals surface area (Å²) in [5.41, 5.74) is 0.933. The summed E-state index contributed by atoms with van der Waals surface area (Å²) in [5.74, 6) is 1.24. The van der Waals surface area contributed by atoms with Crippen LogP contribution in [0.2, 0.25) is 0 Å². The van der Waals surface area contributed by atoms with Crippen LogP contribution in [0.25, 0.3) is 10.9 Å². The minimum absolute atomic E-state index is 0.309. The molecule has 0 saturated heterocycles. The van der Waals surface area contributed by atoms with Crippen molar-refractivity contribution >= 4 is 16.9 Å². The number of esters is 1.